The number of aliphatic imine (C=N–C) groups is 1. The SMILES string of the molecule is CCOC1CCN(C(=NC)NCc2cccc(OCCOC)c2)CC1.I. The summed E-state index contributed by atoms with van der Waals surface area (Å²) in [5, 5.41) is 3.45. The van der Waals surface area contributed by atoms with Gasteiger partial charge in [-0.2, -0.15) is 0 Å². The number of benzene rings is 1. The summed E-state index contributed by atoms with van der Waals surface area (Å²) in [5.74, 6) is 1.81. The van der Waals surface area contributed by atoms with Crippen molar-refractivity contribution in [3.8, 4) is 5.75 Å². The molecule has 1 fully saturated rings. The summed E-state index contributed by atoms with van der Waals surface area (Å²) < 4.78 is 16.4. The number of hydrogen-bond acceptors (Lipinski definition) is 4. The number of nitrogens with one attached hydrogen (secondary N) is 1. The Bertz CT molecular complexity index is 535. The van der Waals surface area contributed by atoms with Gasteiger partial charge < -0.3 is 24.4 Å². The molecule has 148 valence electrons. The van der Waals surface area contributed by atoms with Gasteiger partial charge in [0.05, 0.1) is 12.7 Å². The van der Waals surface area contributed by atoms with Gasteiger partial charge in [-0.1, -0.05) is 12.1 Å². The molecule has 0 unspecified atom stereocenters. The molecule has 1 aliphatic heterocycles. The first-order chi connectivity index (χ1) is 12.3. The number of piperidine rings is 1. The van der Waals surface area contributed by atoms with E-state index in [1.54, 1.807) is 7.11 Å². The number of methoxy groups -OCH3 is 1. The number of rotatable bonds is 8. The van der Waals surface area contributed by atoms with E-state index in [0.717, 1.165) is 50.8 Å². The zero-order chi connectivity index (χ0) is 17.9. The second-order valence-electron chi connectivity index (χ2n) is 6.03. The highest BCUT2D eigenvalue weighted by atomic mass is 127. The highest BCUT2D eigenvalue weighted by Gasteiger charge is 2.21. The molecule has 0 saturated carbocycles. The predicted molar refractivity (Wildman–Crippen MR) is 116 cm³/mol. The lowest BCUT2D eigenvalue weighted by Gasteiger charge is -2.34. The summed E-state index contributed by atoms with van der Waals surface area (Å²) in [6.07, 6.45) is 2.50. The van der Waals surface area contributed by atoms with Crippen molar-refractivity contribution in [2.45, 2.75) is 32.4 Å². The van der Waals surface area contributed by atoms with Gasteiger partial charge >= 0.3 is 0 Å². The quantitative estimate of drug-likeness (QED) is 0.270. The monoisotopic (exact) mass is 477 g/mol. The molecule has 1 aromatic carbocycles. The Morgan fingerprint density at radius 3 is 2.69 bits per heavy atom. The van der Waals surface area contributed by atoms with Crippen molar-refractivity contribution in [2.24, 2.45) is 4.99 Å². The molecule has 1 heterocycles. The molecule has 0 radical (unpaired) electrons. The van der Waals surface area contributed by atoms with E-state index in [1.165, 1.54) is 5.56 Å². The topological polar surface area (TPSA) is 55.3 Å². The van der Waals surface area contributed by atoms with Crippen molar-refractivity contribution in [2.75, 3.05) is 47.1 Å². The molecule has 1 aromatic rings. The minimum absolute atomic E-state index is 0. The highest BCUT2D eigenvalue weighted by Crippen LogP contribution is 2.15. The lowest BCUT2D eigenvalue weighted by atomic mass is 10.1. The molecule has 0 aromatic heterocycles. The Kier molecular flexibility index (Phi) is 11.6. The van der Waals surface area contributed by atoms with E-state index >= 15 is 0 Å². The molecule has 0 atom stereocenters. The molecule has 26 heavy (non-hydrogen) atoms. The van der Waals surface area contributed by atoms with E-state index in [4.69, 9.17) is 14.2 Å². The van der Waals surface area contributed by atoms with E-state index in [-0.39, 0.29) is 24.0 Å². The number of likely N-dealkylation sites (tertiary alicyclic amines) is 1. The fourth-order valence-electron chi connectivity index (χ4n) is 2.97. The third-order valence-electron chi connectivity index (χ3n) is 4.26. The van der Waals surface area contributed by atoms with E-state index < -0.39 is 0 Å². The Balaban J connectivity index is 0.00000338. The molecule has 1 N–H and O–H groups in total. The zero-order valence-corrected chi connectivity index (χ0v) is 18.4. The fourth-order valence-corrected chi connectivity index (χ4v) is 2.97. The van der Waals surface area contributed by atoms with Gasteiger partial charge in [-0.05, 0) is 37.5 Å². The van der Waals surface area contributed by atoms with Crippen molar-refractivity contribution in [3.63, 3.8) is 0 Å². The van der Waals surface area contributed by atoms with Gasteiger partial charge in [0.2, 0.25) is 0 Å². The largest absolute Gasteiger partial charge is 0.491 e. The first-order valence-corrected chi connectivity index (χ1v) is 9.04. The molecule has 6 nitrogen and oxygen atoms in total. The third-order valence-corrected chi connectivity index (χ3v) is 4.26. The average molecular weight is 477 g/mol. The van der Waals surface area contributed by atoms with Crippen molar-refractivity contribution in [1.82, 2.24) is 10.2 Å². The van der Waals surface area contributed by atoms with Gasteiger partial charge in [0.15, 0.2) is 5.96 Å². The Morgan fingerprint density at radius 2 is 2.04 bits per heavy atom. The molecule has 2 rings (SSSR count). The van der Waals surface area contributed by atoms with Crippen LogP contribution in [0, 0.1) is 0 Å². The van der Waals surface area contributed by atoms with Gasteiger partial charge in [0, 0.05) is 40.4 Å². The average Bonchev–Trinajstić information content (AvgIpc) is 2.64. The highest BCUT2D eigenvalue weighted by molar-refractivity contribution is 14.0. The Hall–Kier alpha value is -1.06. The number of hydrogen-bond donors (Lipinski definition) is 1. The van der Waals surface area contributed by atoms with Gasteiger partial charge in [-0.25, -0.2) is 0 Å². The fraction of sp³-hybridized carbons (Fsp3) is 0.632. The molecule has 1 saturated heterocycles. The van der Waals surface area contributed by atoms with Crippen LogP contribution >= 0.6 is 24.0 Å². The predicted octanol–water partition coefficient (Wildman–Crippen LogP) is 2.91. The van der Waals surface area contributed by atoms with Crippen LogP contribution < -0.4 is 10.1 Å². The van der Waals surface area contributed by atoms with Crippen LogP contribution in [0.1, 0.15) is 25.3 Å². The number of ether oxygens (including phenoxy) is 3. The molecule has 0 spiro atoms. The van der Waals surface area contributed by atoms with E-state index in [2.05, 4.69) is 34.3 Å². The van der Waals surface area contributed by atoms with Crippen LogP contribution in [0.3, 0.4) is 0 Å². The maximum absolute atomic E-state index is 5.72. The normalized spacial score (nSPS) is 15.5. The van der Waals surface area contributed by atoms with Crippen molar-refractivity contribution >= 4 is 29.9 Å². The van der Waals surface area contributed by atoms with Crippen LogP contribution in [-0.4, -0.2) is 64.0 Å². The zero-order valence-electron chi connectivity index (χ0n) is 16.1. The Morgan fingerprint density at radius 1 is 1.27 bits per heavy atom. The Labute approximate surface area is 174 Å². The summed E-state index contributed by atoms with van der Waals surface area (Å²) in [4.78, 5) is 6.72. The summed E-state index contributed by atoms with van der Waals surface area (Å²) in [6.45, 7) is 6.67. The summed E-state index contributed by atoms with van der Waals surface area (Å²) >= 11 is 0. The summed E-state index contributed by atoms with van der Waals surface area (Å²) in [5.41, 5.74) is 1.17. The maximum Gasteiger partial charge on any atom is 0.193 e. The van der Waals surface area contributed by atoms with Crippen LogP contribution in [0.5, 0.6) is 5.75 Å². The number of nitrogens with zero attached hydrogens (tertiary/aromatic N) is 2. The maximum atomic E-state index is 5.72. The first-order valence-electron chi connectivity index (χ1n) is 9.04. The molecule has 0 amide bonds. The van der Waals surface area contributed by atoms with Crippen LogP contribution in [-0.2, 0) is 16.0 Å². The van der Waals surface area contributed by atoms with Crippen molar-refractivity contribution in [1.29, 1.82) is 0 Å². The van der Waals surface area contributed by atoms with Crippen LogP contribution in [0.15, 0.2) is 29.3 Å². The second-order valence-corrected chi connectivity index (χ2v) is 6.03. The lowest BCUT2D eigenvalue weighted by molar-refractivity contribution is 0.0263. The van der Waals surface area contributed by atoms with Gasteiger partial charge in [-0.3, -0.25) is 4.99 Å². The standard InChI is InChI=1S/C19H31N3O3.HI/c1-4-24-17-8-10-22(11-9-17)19(20-2)21-15-16-6-5-7-18(14-16)25-13-12-23-3;/h5-7,14,17H,4,8-13,15H2,1-3H3,(H,20,21);1H. The molecule has 1 aliphatic rings. The van der Waals surface area contributed by atoms with Crippen LogP contribution in [0.25, 0.3) is 0 Å². The van der Waals surface area contributed by atoms with Gasteiger partial charge in [0.25, 0.3) is 0 Å². The molecule has 0 aliphatic carbocycles. The minimum atomic E-state index is 0. The van der Waals surface area contributed by atoms with Crippen molar-refractivity contribution < 1.29 is 14.2 Å². The van der Waals surface area contributed by atoms with Crippen molar-refractivity contribution in [3.05, 3.63) is 29.8 Å². The molecular formula is C19H32IN3O3. The second kappa shape index (κ2) is 13.2. The van der Waals surface area contributed by atoms with E-state index in [0.29, 0.717) is 19.3 Å². The van der Waals surface area contributed by atoms with Gasteiger partial charge in [0.1, 0.15) is 12.4 Å². The van der Waals surface area contributed by atoms with Gasteiger partial charge in [-0.15, -0.1) is 24.0 Å². The lowest BCUT2D eigenvalue weighted by Crippen LogP contribution is -2.46. The minimum Gasteiger partial charge on any atom is -0.491 e. The van der Waals surface area contributed by atoms with E-state index in [9.17, 15) is 0 Å². The first kappa shape index (κ1) is 23.0. The molecule has 7 heteroatoms. The summed E-state index contributed by atoms with van der Waals surface area (Å²) in [7, 11) is 3.51. The number of halogens is 1. The third kappa shape index (κ3) is 7.67. The number of guanidine groups is 1. The van der Waals surface area contributed by atoms with Crippen LogP contribution in [0.2, 0.25) is 0 Å². The van der Waals surface area contributed by atoms with Crippen LogP contribution in [0.4, 0.5) is 0 Å². The smallest absolute Gasteiger partial charge is 0.193 e. The molecular weight excluding hydrogens is 445 g/mol. The molecule has 0 bridgehead atoms. The van der Waals surface area contributed by atoms with E-state index in [1.807, 2.05) is 19.2 Å². The summed E-state index contributed by atoms with van der Waals surface area (Å²) in [6, 6.07) is 8.12.